The molecule has 3 heterocycles. The molecule has 0 spiro atoms. The monoisotopic (exact) mass is 359 g/mol. The summed E-state index contributed by atoms with van der Waals surface area (Å²) in [6, 6.07) is 8.00. The highest BCUT2D eigenvalue weighted by atomic mass is 35.5. The molecular weight excluding hydrogens is 342 g/mol. The summed E-state index contributed by atoms with van der Waals surface area (Å²) in [4.78, 5) is 14.4. The Labute approximate surface area is 149 Å². The van der Waals surface area contributed by atoms with Crippen molar-refractivity contribution in [3.05, 3.63) is 67.2 Å². The van der Waals surface area contributed by atoms with Gasteiger partial charge in [-0.3, -0.25) is 4.90 Å². The Morgan fingerprint density at radius 2 is 2.25 bits per heavy atom. The van der Waals surface area contributed by atoms with Crippen molar-refractivity contribution in [2.45, 2.75) is 32.4 Å². The molecule has 0 amide bonds. The summed E-state index contributed by atoms with van der Waals surface area (Å²) in [6.45, 7) is 3.70. The van der Waals surface area contributed by atoms with Gasteiger partial charge in [0.1, 0.15) is 5.58 Å². The third-order valence-corrected chi connectivity index (χ3v) is 5.88. The van der Waals surface area contributed by atoms with Crippen LogP contribution in [0.1, 0.15) is 35.6 Å². The van der Waals surface area contributed by atoms with Crippen LogP contribution in [0.4, 0.5) is 0 Å². The highest BCUT2D eigenvalue weighted by Gasteiger charge is 2.27. The Morgan fingerprint density at radius 3 is 3.04 bits per heavy atom. The number of rotatable bonds is 3. The van der Waals surface area contributed by atoms with E-state index in [0.717, 1.165) is 36.0 Å². The number of hydrogen-bond acceptors (Lipinski definition) is 4. The first-order valence-corrected chi connectivity index (χ1v) is 9.43. The lowest BCUT2D eigenvalue weighted by atomic mass is 10.1. The van der Waals surface area contributed by atoms with E-state index in [4.69, 9.17) is 16.0 Å². The van der Waals surface area contributed by atoms with Crippen LogP contribution in [-0.2, 0) is 6.54 Å². The predicted molar refractivity (Wildman–Crippen MR) is 98.9 cm³/mol. The first kappa shape index (κ1) is 15.9. The summed E-state index contributed by atoms with van der Waals surface area (Å²) in [5.41, 5.74) is 3.60. The van der Waals surface area contributed by atoms with Gasteiger partial charge in [0.25, 0.3) is 0 Å². The molecule has 1 aromatic carbocycles. The second kappa shape index (κ2) is 6.36. The Bertz CT molecular complexity index is 932. The number of thiophene rings is 1. The van der Waals surface area contributed by atoms with Gasteiger partial charge in [0.05, 0.1) is 0 Å². The Balaban J connectivity index is 1.74. The lowest BCUT2D eigenvalue weighted by molar-refractivity contribution is 0.249. The molecule has 1 aliphatic rings. The van der Waals surface area contributed by atoms with Crippen molar-refractivity contribution >= 4 is 33.9 Å². The van der Waals surface area contributed by atoms with E-state index in [1.54, 1.807) is 17.4 Å². The zero-order chi connectivity index (χ0) is 16.7. The minimum atomic E-state index is -0.300. The van der Waals surface area contributed by atoms with Crippen LogP contribution < -0.4 is 5.63 Å². The summed E-state index contributed by atoms with van der Waals surface area (Å²) in [5, 5.41) is 5.98. The standard InChI is InChI=1S/C19H18ClNO2S/c1-12-7-18-15(9-16(12)20)14(8-19(22)23-18)10-21-5-2-3-17(21)13-4-6-24-11-13/h4,6-9,11,17H,2-3,5,10H2,1H3. The molecule has 124 valence electrons. The third kappa shape index (κ3) is 2.90. The number of aryl methyl sites for hydroxylation is 1. The molecule has 4 rings (SSSR count). The lowest BCUT2D eigenvalue weighted by Crippen LogP contribution is -2.23. The zero-order valence-electron chi connectivity index (χ0n) is 13.4. The molecule has 24 heavy (non-hydrogen) atoms. The van der Waals surface area contributed by atoms with Crippen LogP contribution in [0.5, 0.6) is 0 Å². The van der Waals surface area contributed by atoms with Gasteiger partial charge in [-0.1, -0.05) is 11.6 Å². The number of hydrogen-bond donors (Lipinski definition) is 0. The lowest BCUT2D eigenvalue weighted by Gasteiger charge is -2.24. The van der Waals surface area contributed by atoms with Crippen LogP contribution >= 0.6 is 22.9 Å². The van der Waals surface area contributed by atoms with Gasteiger partial charge < -0.3 is 4.42 Å². The fourth-order valence-corrected chi connectivity index (χ4v) is 4.43. The summed E-state index contributed by atoms with van der Waals surface area (Å²) < 4.78 is 5.37. The summed E-state index contributed by atoms with van der Waals surface area (Å²) in [5.74, 6) is 0. The molecule has 2 aromatic heterocycles. The van der Waals surface area contributed by atoms with Crippen molar-refractivity contribution < 1.29 is 4.42 Å². The largest absolute Gasteiger partial charge is 0.423 e. The van der Waals surface area contributed by atoms with E-state index < -0.39 is 0 Å². The SMILES string of the molecule is Cc1cc2oc(=O)cc(CN3CCCC3c3ccsc3)c2cc1Cl. The molecule has 0 radical (unpaired) electrons. The maximum atomic E-state index is 12.0. The van der Waals surface area contributed by atoms with Gasteiger partial charge >= 0.3 is 5.63 Å². The fraction of sp³-hybridized carbons (Fsp3) is 0.316. The Kier molecular flexibility index (Phi) is 4.21. The van der Waals surface area contributed by atoms with Crippen molar-refractivity contribution in [2.75, 3.05) is 6.54 Å². The highest BCUT2D eigenvalue weighted by molar-refractivity contribution is 7.07. The molecule has 3 aromatic rings. The molecule has 0 aliphatic carbocycles. The number of fused-ring (bicyclic) bond motifs is 1. The number of nitrogens with zero attached hydrogens (tertiary/aromatic N) is 1. The maximum Gasteiger partial charge on any atom is 0.336 e. The number of benzene rings is 1. The molecular formula is C19H18ClNO2S. The highest BCUT2D eigenvalue weighted by Crippen LogP contribution is 2.35. The minimum Gasteiger partial charge on any atom is -0.423 e. The fourth-order valence-electron chi connectivity index (χ4n) is 3.56. The van der Waals surface area contributed by atoms with E-state index in [0.29, 0.717) is 16.6 Å². The molecule has 0 bridgehead atoms. The van der Waals surface area contributed by atoms with Gasteiger partial charge in [-0.05, 0) is 72.0 Å². The van der Waals surface area contributed by atoms with Gasteiger partial charge in [-0.2, -0.15) is 11.3 Å². The molecule has 1 fully saturated rings. The van der Waals surface area contributed by atoms with E-state index in [2.05, 4.69) is 21.7 Å². The first-order valence-electron chi connectivity index (χ1n) is 8.11. The van der Waals surface area contributed by atoms with Gasteiger partial charge in [0.15, 0.2) is 0 Å². The van der Waals surface area contributed by atoms with Crippen molar-refractivity contribution in [1.82, 2.24) is 4.90 Å². The summed E-state index contributed by atoms with van der Waals surface area (Å²) in [7, 11) is 0. The van der Waals surface area contributed by atoms with Gasteiger partial charge in [0, 0.05) is 29.1 Å². The Morgan fingerprint density at radius 1 is 1.38 bits per heavy atom. The van der Waals surface area contributed by atoms with Crippen molar-refractivity contribution in [3.63, 3.8) is 0 Å². The molecule has 1 aliphatic heterocycles. The average molecular weight is 360 g/mol. The van der Waals surface area contributed by atoms with E-state index in [-0.39, 0.29) is 5.63 Å². The van der Waals surface area contributed by atoms with Crippen LogP contribution in [0.15, 0.2) is 44.2 Å². The smallest absolute Gasteiger partial charge is 0.336 e. The second-order valence-corrected chi connectivity index (χ2v) is 7.56. The van der Waals surface area contributed by atoms with Gasteiger partial charge in [0.2, 0.25) is 0 Å². The third-order valence-electron chi connectivity index (χ3n) is 4.77. The van der Waals surface area contributed by atoms with Crippen molar-refractivity contribution in [3.8, 4) is 0 Å². The molecule has 1 atom stereocenters. The normalized spacial score (nSPS) is 18.5. The van der Waals surface area contributed by atoms with Crippen molar-refractivity contribution in [2.24, 2.45) is 0 Å². The van der Waals surface area contributed by atoms with E-state index in [1.165, 1.54) is 12.0 Å². The summed E-state index contributed by atoms with van der Waals surface area (Å²) >= 11 is 8.03. The second-order valence-electron chi connectivity index (χ2n) is 6.37. The van der Waals surface area contributed by atoms with E-state index in [1.807, 2.05) is 19.1 Å². The van der Waals surface area contributed by atoms with Gasteiger partial charge in [-0.15, -0.1) is 0 Å². The summed E-state index contributed by atoms with van der Waals surface area (Å²) in [6.07, 6.45) is 2.34. The number of likely N-dealkylation sites (tertiary alicyclic amines) is 1. The quantitative estimate of drug-likeness (QED) is 0.606. The van der Waals surface area contributed by atoms with Crippen LogP contribution in [-0.4, -0.2) is 11.4 Å². The predicted octanol–water partition coefficient (Wildman–Crippen LogP) is 5.15. The molecule has 0 saturated carbocycles. The van der Waals surface area contributed by atoms with Crippen molar-refractivity contribution in [1.29, 1.82) is 0 Å². The molecule has 3 nitrogen and oxygen atoms in total. The topological polar surface area (TPSA) is 33.5 Å². The molecule has 1 unspecified atom stereocenters. The van der Waals surface area contributed by atoms with Crippen LogP contribution in [0, 0.1) is 6.92 Å². The molecule has 5 heteroatoms. The average Bonchev–Trinajstić information content (AvgIpc) is 3.20. The van der Waals surface area contributed by atoms with Crippen LogP contribution in [0.3, 0.4) is 0 Å². The maximum absolute atomic E-state index is 12.0. The van der Waals surface area contributed by atoms with E-state index >= 15 is 0 Å². The zero-order valence-corrected chi connectivity index (χ0v) is 15.0. The van der Waals surface area contributed by atoms with Crippen LogP contribution in [0.2, 0.25) is 5.02 Å². The van der Waals surface area contributed by atoms with E-state index in [9.17, 15) is 4.79 Å². The molecule has 1 saturated heterocycles. The number of halogens is 1. The first-order chi connectivity index (χ1) is 11.6. The minimum absolute atomic E-state index is 0.300. The Hall–Kier alpha value is -1.62. The molecule has 0 N–H and O–H groups in total. The van der Waals surface area contributed by atoms with Gasteiger partial charge in [-0.25, -0.2) is 4.79 Å². The van der Waals surface area contributed by atoms with Crippen LogP contribution in [0.25, 0.3) is 11.0 Å².